The summed E-state index contributed by atoms with van der Waals surface area (Å²) in [6.45, 7) is 0.233. The summed E-state index contributed by atoms with van der Waals surface area (Å²) in [6, 6.07) is 21.8. The number of carbonyl (C=O) groups is 1. The van der Waals surface area contributed by atoms with E-state index in [-0.39, 0.29) is 19.1 Å². The summed E-state index contributed by atoms with van der Waals surface area (Å²) >= 11 is 7.53. The van der Waals surface area contributed by atoms with E-state index in [2.05, 4.69) is 40.6 Å². The quantitative estimate of drug-likeness (QED) is 0.305. The molecule has 4 rings (SSSR count). The van der Waals surface area contributed by atoms with Gasteiger partial charge in [0, 0.05) is 21.9 Å². The Morgan fingerprint density at radius 3 is 2.66 bits per heavy atom. The average Bonchev–Trinajstić information content (AvgIpc) is 3.19. The Kier molecular flexibility index (Phi) is 6.12. The predicted molar refractivity (Wildman–Crippen MR) is 115 cm³/mol. The molecule has 0 amide bonds. The van der Waals surface area contributed by atoms with Crippen LogP contribution in [0.4, 0.5) is 0 Å². The van der Waals surface area contributed by atoms with Gasteiger partial charge in [-0.3, -0.25) is 4.79 Å². The molecule has 1 aromatic heterocycles. The van der Waals surface area contributed by atoms with E-state index in [1.807, 2.05) is 24.3 Å². The maximum absolute atomic E-state index is 12.0. The van der Waals surface area contributed by atoms with Gasteiger partial charge in [0.2, 0.25) is 0 Å². The van der Waals surface area contributed by atoms with Crippen LogP contribution in [-0.2, 0) is 28.4 Å². The van der Waals surface area contributed by atoms with Crippen LogP contribution >= 0.6 is 23.4 Å². The minimum atomic E-state index is -0.362. The highest BCUT2D eigenvalue weighted by Crippen LogP contribution is 2.25. The molecule has 1 heterocycles. The first-order valence-electron chi connectivity index (χ1n) is 9.06. The summed E-state index contributed by atoms with van der Waals surface area (Å²) < 4.78 is 6.78. The number of carbonyl (C=O) groups excluding carboxylic acids is 1. The van der Waals surface area contributed by atoms with Gasteiger partial charge in [-0.05, 0) is 40.6 Å². The van der Waals surface area contributed by atoms with Crippen molar-refractivity contribution < 1.29 is 9.53 Å². The van der Waals surface area contributed by atoms with Gasteiger partial charge in [-0.2, -0.15) is 0 Å². The lowest BCUT2D eigenvalue weighted by Gasteiger charge is -2.05. The molecule has 0 aliphatic rings. The van der Waals surface area contributed by atoms with Gasteiger partial charge in [0.1, 0.15) is 13.2 Å². The van der Waals surface area contributed by atoms with Gasteiger partial charge < -0.3 is 4.74 Å². The largest absolute Gasteiger partial charge is 0.459 e. The zero-order valence-corrected chi connectivity index (χ0v) is 17.1. The van der Waals surface area contributed by atoms with Gasteiger partial charge in [-0.1, -0.05) is 59.3 Å². The van der Waals surface area contributed by atoms with Crippen molar-refractivity contribution in [2.45, 2.75) is 23.8 Å². The molecule has 7 heteroatoms. The highest BCUT2D eigenvalue weighted by molar-refractivity contribution is 7.98. The van der Waals surface area contributed by atoms with Crippen LogP contribution in [0.15, 0.2) is 77.8 Å². The molecule has 29 heavy (non-hydrogen) atoms. The van der Waals surface area contributed by atoms with E-state index in [9.17, 15) is 4.79 Å². The molecule has 0 aliphatic carbocycles. The normalized spacial score (nSPS) is 10.9. The summed E-state index contributed by atoms with van der Waals surface area (Å²) in [5.41, 5.74) is 1.70. The molecule has 0 aliphatic heterocycles. The molecule has 146 valence electrons. The number of rotatable bonds is 7. The first kappa shape index (κ1) is 19.5. The van der Waals surface area contributed by atoms with Crippen LogP contribution in [0.25, 0.3) is 10.8 Å². The first-order chi connectivity index (χ1) is 14.2. The standard InChI is InChI=1S/C22H18ClN3O2S/c23-19-8-5-16(6-9-19)14-28-22(27)13-26-12-20(24-25-26)15-29-21-10-7-17-3-1-2-4-18(17)11-21/h1-12H,13-15H2. The van der Waals surface area contributed by atoms with Crippen molar-refractivity contribution in [1.29, 1.82) is 0 Å². The van der Waals surface area contributed by atoms with Gasteiger partial charge in [0.15, 0.2) is 0 Å². The number of nitrogens with zero attached hydrogens (tertiary/aromatic N) is 3. The summed E-state index contributed by atoms with van der Waals surface area (Å²) in [7, 11) is 0. The van der Waals surface area contributed by atoms with Crippen molar-refractivity contribution in [3.05, 3.63) is 89.2 Å². The Bertz CT molecular complexity index is 1130. The molecule has 4 aromatic rings. The van der Waals surface area contributed by atoms with Crippen molar-refractivity contribution in [2.24, 2.45) is 0 Å². The number of hydrogen-bond acceptors (Lipinski definition) is 5. The van der Waals surface area contributed by atoms with E-state index in [0.29, 0.717) is 10.8 Å². The highest BCUT2D eigenvalue weighted by Gasteiger charge is 2.08. The Balaban J connectivity index is 1.28. The molecule has 0 saturated heterocycles. The second-order valence-corrected chi connectivity index (χ2v) is 7.98. The fourth-order valence-electron chi connectivity index (χ4n) is 2.82. The number of fused-ring (bicyclic) bond motifs is 1. The molecule has 0 unspecified atom stereocenters. The zero-order chi connectivity index (χ0) is 20.1. The lowest BCUT2D eigenvalue weighted by atomic mass is 10.1. The van der Waals surface area contributed by atoms with E-state index in [1.54, 1.807) is 30.1 Å². The second-order valence-electron chi connectivity index (χ2n) is 6.49. The van der Waals surface area contributed by atoms with E-state index in [0.717, 1.165) is 11.3 Å². The van der Waals surface area contributed by atoms with Gasteiger partial charge in [-0.25, -0.2) is 4.68 Å². The molecule has 0 bridgehead atoms. The number of thioether (sulfide) groups is 1. The fraction of sp³-hybridized carbons (Fsp3) is 0.136. The minimum absolute atomic E-state index is 0.0290. The van der Waals surface area contributed by atoms with Gasteiger partial charge in [-0.15, -0.1) is 16.9 Å². The lowest BCUT2D eigenvalue weighted by molar-refractivity contribution is -0.145. The van der Waals surface area contributed by atoms with Crippen LogP contribution in [0.5, 0.6) is 0 Å². The van der Waals surface area contributed by atoms with Gasteiger partial charge >= 0.3 is 5.97 Å². The first-order valence-corrected chi connectivity index (χ1v) is 10.4. The van der Waals surface area contributed by atoms with Gasteiger partial charge in [0.25, 0.3) is 0 Å². The van der Waals surface area contributed by atoms with Crippen molar-refractivity contribution >= 4 is 40.1 Å². The molecule has 5 nitrogen and oxygen atoms in total. The third-order valence-corrected chi connectivity index (χ3v) is 5.58. The topological polar surface area (TPSA) is 57.0 Å². The molecule has 0 fully saturated rings. The summed E-state index contributed by atoms with van der Waals surface area (Å²) in [5.74, 6) is 0.316. The molecule has 0 saturated carbocycles. The Labute approximate surface area is 177 Å². The fourth-order valence-corrected chi connectivity index (χ4v) is 3.77. The number of halogens is 1. The third-order valence-electron chi connectivity index (χ3n) is 4.30. The zero-order valence-electron chi connectivity index (χ0n) is 15.5. The monoisotopic (exact) mass is 423 g/mol. The Morgan fingerprint density at radius 2 is 1.83 bits per heavy atom. The third kappa shape index (κ3) is 5.37. The van der Waals surface area contributed by atoms with Crippen LogP contribution < -0.4 is 0 Å². The number of hydrogen-bond donors (Lipinski definition) is 0. The molecule has 0 radical (unpaired) electrons. The molecule has 0 N–H and O–H groups in total. The maximum Gasteiger partial charge on any atom is 0.328 e. The van der Waals surface area contributed by atoms with Crippen LogP contribution in [0, 0.1) is 0 Å². The predicted octanol–water partition coefficient (Wildman–Crippen LogP) is 5.12. The van der Waals surface area contributed by atoms with Crippen molar-refractivity contribution in [2.75, 3.05) is 0 Å². The summed E-state index contributed by atoms with van der Waals surface area (Å²) in [5, 5.41) is 11.2. The maximum atomic E-state index is 12.0. The van der Waals surface area contributed by atoms with Gasteiger partial charge in [0.05, 0.1) is 5.69 Å². The number of ether oxygens (including phenoxy) is 1. The number of esters is 1. The van der Waals surface area contributed by atoms with Crippen molar-refractivity contribution in [1.82, 2.24) is 15.0 Å². The molecule has 0 spiro atoms. The van der Waals surface area contributed by atoms with Crippen molar-refractivity contribution in [3.8, 4) is 0 Å². The molecular formula is C22H18ClN3O2S. The Hall–Kier alpha value is -2.83. The Morgan fingerprint density at radius 1 is 1.03 bits per heavy atom. The summed E-state index contributed by atoms with van der Waals surface area (Å²) in [6.07, 6.45) is 1.78. The van der Waals surface area contributed by atoms with Crippen LogP contribution in [0.3, 0.4) is 0 Å². The number of aromatic nitrogens is 3. The highest BCUT2D eigenvalue weighted by atomic mass is 35.5. The number of benzene rings is 3. The van der Waals surface area contributed by atoms with Crippen molar-refractivity contribution in [3.63, 3.8) is 0 Å². The molecular weight excluding hydrogens is 406 g/mol. The summed E-state index contributed by atoms with van der Waals surface area (Å²) in [4.78, 5) is 13.2. The molecule has 3 aromatic carbocycles. The van der Waals surface area contributed by atoms with Crippen LogP contribution in [-0.4, -0.2) is 21.0 Å². The SMILES string of the molecule is O=C(Cn1cc(CSc2ccc3ccccc3c2)nn1)OCc1ccc(Cl)cc1. The smallest absolute Gasteiger partial charge is 0.328 e. The minimum Gasteiger partial charge on any atom is -0.459 e. The average molecular weight is 424 g/mol. The van der Waals surface area contributed by atoms with Crippen LogP contribution in [0.2, 0.25) is 5.02 Å². The van der Waals surface area contributed by atoms with E-state index >= 15 is 0 Å². The lowest BCUT2D eigenvalue weighted by Crippen LogP contribution is -2.14. The second kappa shape index (κ2) is 9.11. The van der Waals surface area contributed by atoms with E-state index in [1.165, 1.54) is 20.3 Å². The molecule has 0 atom stereocenters. The van der Waals surface area contributed by atoms with E-state index in [4.69, 9.17) is 16.3 Å². The van der Waals surface area contributed by atoms with E-state index < -0.39 is 0 Å². The van der Waals surface area contributed by atoms with Crippen LogP contribution in [0.1, 0.15) is 11.3 Å².